The van der Waals surface area contributed by atoms with Gasteiger partial charge in [0.15, 0.2) is 0 Å². The Balaban J connectivity index is 2.99. The highest BCUT2D eigenvalue weighted by Crippen LogP contribution is 2.29. The summed E-state index contributed by atoms with van der Waals surface area (Å²) in [5.41, 5.74) is 0.653. The molecule has 0 atom stereocenters. The van der Waals surface area contributed by atoms with E-state index in [9.17, 15) is 10.1 Å². The Kier molecular flexibility index (Phi) is 8.10. The summed E-state index contributed by atoms with van der Waals surface area (Å²) in [5, 5.41) is 39.5. The molecule has 0 amide bonds. The minimum absolute atomic E-state index is 0.0102. The zero-order chi connectivity index (χ0) is 16.4. The van der Waals surface area contributed by atoms with E-state index in [1.54, 1.807) is 11.0 Å². The van der Waals surface area contributed by atoms with Crippen LogP contribution in [0.3, 0.4) is 0 Å². The average molecular weight is 317 g/mol. The fraction of sp³-hybridized carbons (Fsp3) is 0.500. The monoisotopic (exact) mass is 317 g/mol. The Bertz CT molecular complexity index is 464. The van der Waals surface area contributed by atoms with Gasteiger partial charge in [0.2, 0.25) is 0 Å². The summed E-state index contributed by atoms with van der Waals surface area (Å²) in [5.74, 6) is 0. The molecule has 0 unspecified atom stereocenters. The summed E-state index contributed by atoms with van der Waals surface area (Å²) in [7, 11) is 0. The van der Waals surface area contributed by atoms with Crippen molar-refractivity contribution in [2.24, 2.45) is 0 Å². The third-order valence-electron chi connectivity index (χ3n) is 2.88. The van der Waals surface area contributed by atoms with Crippen LogP contribution in [-0.4, -0.2) is 60.0 Å². The van der Waals surface area contributed by atoms with Crippen molar-refractivity contribution in [3.8, 4) is 0 Å². The van der Waals surface area contributed by atoms with Crippen LogP contribution in [0.25, 0.3) is 0 Å². The second-order valence-electron chi connectivity index (χ2n) is 4.26. The molecule has 0 bridgehead atoms. The van der Waals surface area contributed by atoms with Crippen LogP contribution >= 0.6 is 0 Å². The maximum Gasteiger partial charge on any atom is 0.294 e. The molecule has 0 aliphatic rings. The number of nitro groups is 1. The number of anilines is 2. The third-order valence-corrected chi connectivity index (χ3v) is 2.88. The first-order valence-corrected chi connectivity index (χ1v) is 6.55. The molecule has 1 aromatic carbocycles. The van der Waals surface area contributed by atoms with Gasteiger partial charge >= 0.3 is 0 Å². The fourth-order valence-corrected chi connectivity index (χ4v) is 1.88. The molecule has 0 spiro atoms. The molecule has 0 fully saturated rings. The molecule has 22 heavy (non-hydrogen) atoms. The topological polar surface area (TPSA) is 138 Å². The number of nitrogens with zero attached hydrogens (tertiary/aromatic N) is 2. The molecule has 0 aromatic heterocycles. The molecule has 0 heterocycles. The lowest BCUT2D eigenvalue weighted by Crippen LogP contribution is -2.30. The van der Waals surface area contributed by atoms with E-state index in [1.807, 2.05) is 0 Å². The highest BCUT2D eigenvalue weighted by Gasteiger charge is 2.17. The zero-order valence-corrected chi connectivity index (χ0v) is 11.8. The lowest BCUT2D eigenvalue weighted by atomic mass is 10.2. The molecule has 0 radical (unpaired) electrons. The molecule has 0 saturated heterocycles. The molecule has 0 saturated carbocycles. The summed E-state index contributed by atoms with van der Waals surface area (Å²) in [6, 6.07) is 4.52. The Morgan fingerprint density at radius 2 is 1.86 bits per heavy atom. The van der Waals surface area contributed by atoms with Crippen LogP contribution < -0.4 is 10.2 Å². The van der Waals surface area contributed by atoms with E-state index >= 15 is 0 Å². The molecule has 0 aliphatic heterocycles. The van der Waals surface area contributed by atoms with Gasteiger partial charge in [0, 0.05) is 31.4 Å². The second-order valence-corrected chi connectivity index (χ2v) is 4.26. The van der Waals surface area contributed by atoms with Crippen molar-refractivity contribution in [2.75, 3.05) is 49.7 Å². The first kappa shape index (κ1) is 18.1. The van der Waals surface area contributed by atoms with Crippen LogP contribution in [0.15, 0.2) is 18.2 Å². The molecular weight excluding hydrogens is 298 g/mol. The van der Waals surface area contributed by atoms with Gasteiger partial charge in [-0.25, -0.2) is 9.78 Å². The van der Waals surface area contributed by atoms with Crippen LogP contribution in [0.2, 0.25) is 0 Å². The van der Waals surface area contributed by atoms with Crippen molar-refractivity contribution in [3.63, 3.8) is 0 Å². The summed E-state index contributed by atoms with van der Waals surface area (Å²) < 4.78 is 0. The highest BCUT2D eigenvalue weighted by atomic mass is 17.1. The highest BCUT2D eigenvalue weighted by molar-refractivity contribution is 5.68. The molecule has 1 rings (SSSR count). The molecule has 10 nitrogen and oxygen atoms in total. The van der Waals surface area contributed by atoms with Gasteiger partial charge < -0.3 is 15.3 Å². The number of aliphatic hydroxyl groups excluding tert-OH is 1. The minimum Gasteiger partial charge on any atom is -0.395 e. The molecule has 124 valence electrons. The van der Waals surface area contributed by atoms with E-state index in [4.69, 9.17) is 15.6 Å². The van der Waals surface area contributed by atoms with Crippen molar-refractivity contribution >= 4 is 17.1 Å². The van der Waals surface area contributed by atoms with Crippen molar-refractivity contribution in [1.29, 1.82) is 0 Å². The van der Waals surface area contributed by atoms with Crippen LogP contribution in [-0.2, 0) is 9.78 Å². The van der Waals surface area contributed by atoms with Crippen LogP contribution in [0.5, 0.6) is 0 Å². The summed E-state index contributed by atoms with van der Waals surface area (Å²) in [4.78, 5) is 20.3. The number of hydrogen-bond donors (Lipinski definition) is 4. The smallest absolute Gasteiger partial charge is 0.294 e. The number of nitrogens with one attached hydrogen (secondary N) is 1. The molecule has 10 heteroatoms. The summed E-state index contributed by atoms with van der Waals surface area (Å²) in [6.45, 7) is 0.529. The Morgan fingerprint density at radius 1 is 1.23 bits per heavy atom. The third kappa shape index (κ3) is 5.42. The zero-order valence-electron chi connectivity index (χ0n) is 11.8. The van der Waals surface area contributed by atoms with Crippen molar-refractivity contribution < 1.29 is 30.3 Å². The maximum absolute atomic E-state index is 11.1. The van der Waals surface area contributed by atoms with E-state index in [0.29, 0.717) is 11.4 Å². The lowest BCUT2D eigenvalue weighted by molar-refractivity contribution is -0.383. The number of nitro benzene ring substituents is 1. The van der Waals surface area contributed by atoms with Gasteiger partial charge in [-0.05, 0) is 12.1 Å². The minimum atomic E-state index is -0.535. The Hall–Kier alpha value is -1.98. The number of hydrogen-bond acceptors (Lipinski definition) is 9. The quantitative estimate of drug-likeness (QED) is 0.265. The fourth-order valence-electron chi connectivity index (χ4n) is 1.88. The maximum atomic E-state index is 11.1. The summed E-state index contributed by atoms with van der Waals surface area (Å²) in [6.07, 6.45) is 0. The SMILES string of the molecule is O=[N+]([O-])c1cc(N(CCOO)CCOO)ccc1NCCO. The largest absolute Gasteiger partial charge is 0.395 e. The van der Waals surface area contributed by atoms with Gasteiger partial charge in [0.25, 0.3) is 5.69 Å². The number of aliphatic hydroxyl groups is 1. The van der Waals surface area contributed by atoms with Crippen LogP contribution in [0, 0.1) is 10.1 Å². The molecule has 4 N–H and O–H groups in total. The Labute approximate surface area is 126 Å². The van der Waals surface area contributed by atoms with E-state index in [0.717, 1.165) is 0 Å². The standard InChI is InChI=1S/C12H19N3O7/c16-6-3-13-11-2-1-10(9-12(11)15(17)18)14(4-7-21-19)5-8-22-20/h1-2,9,13,16,19-20H,3-8H2. The van der Waals surface area contributed by atoms with Gasteiger partial charge in [0.05, 0.1) is 24.7 Å². The predicted octanol–water partition coefficient (Wildman–Crippen LogP) is 0.785. The van der Waals surface area contributed by atoms with E-state index in [1.165, 1.54) is 12.1 Å². The van der Waals surface area contributed by atoms with Gasteiger partial charge in [0.1, 0.15) is 5.69 Å². The normalized spacial score (nSPS) is 10.5. The predicted molar refractivity (Wildman–Crippen MR) is 78.0 cm³/mol. The lowest BCUT2D eigenvalue weighted by Gasteiger charge is -2.23. The van der Waals surface area contributed by atoms with Gasteiger partial charge in [-0.2, -0.15) is 0 Å². The van der Waals surface area contributed by atoms with Gasteiger partial charge in [-0.1, -0.05) is 0 Å². The van der Waals surface area contributed by atoms with Crippen molar-refractivity contribution in [3.05, 3.63) is 28.3 Å². The van der Waals surface area contributed by atoms with E-state index < -0.39 is 4.92 Å². The number of rotatable bonds is 11. The van der Waals surface area contributed by atoms with E-state index in [-0.39, 0.29) is 45.1 Å². The first-order chi connectivity index (χ1) is 10.6. The molecule has 0 aliphatic carbocycles. The summed E-state index contributed by atoms with van der Waals surface area (Å²) >= 11 is 0. The number of benzene rings is 1. The van der Waals surface area contributed by atoms with Crippen LogP contribution in [0.4, 0.5) is 17.1 Å². The van der Waals surface area contributed by atoms with Crippen LogP contribution in [0.1, 0.15) is 0 Å². The Morgan fingerprint density at radius 3 is 2.36 bits per heavy atom. The van der Waals surface area contributed by atoms with Crippen molar-refractivity contribution in [1.82, 2.24) is 0 Å². The van der Waals surface area contributed by atoms with Gasteiger partial charge in [-0.3, -0.25) is 20.6 Å². The average Bonchev–Trinajstić information content (AvgIpc) is 2.53. The van der Waals surface area contributed by atoms with E-state index in [2.05, 4.69) is 15.1 Å². The molecular formula is C12H19N3O7. The first-order valence-electron chi connectivity index (χ1n) is 6.55. The second kappa shape index (κ2) is 9.87. The van der Waals surface area contributed by atoms with Crippen molar-refractivity contribution in [2.45, 2.75) is 0 Å². The molecule has 1 aromatic rings. The van der Waals surface area contributed by atoms with Gasteiger partial charge in [-0.15, -0.1) is 0 Å².